The van der Waals surface area contributed by atoms with Crippen molar-refractivity contribution in [3.63, 3.8) is 0 Å². The monoisotopic (exact) mass is 311 g/mol. The molecule has 0 amide bonds. The van der Waals surface area contributed by atoms with E-state index in [2.05, 4.69) is 20.5 Å². The van der Waals surface area contributed by atoms with Gasteiger partial charge in [0, 0.05) is 13.0 Å². The fourth-order valence-electron chi connectivity index (χ4n) is 2.14. The van der Waals surface area contributed by atoms with Crippen LogP contribution in [0.1, 0.15) is 53.8 Å². The number of rotatable bonds is 7. The van der Waals surface area contributed by atoms with Crippen LogP contribution < -0.4 is 0 Å². The number of carbonyl (C=O) groups is 1. The molecule has 2 heterocycles. The van der Waals surface area contributed by atoms with Crippen molar-refractivity contribution in [2.75, 3.05) is 7.11 Å². The first-order valence-corrected chi connectivity index (χ1v) is 7.44. The van der Waals surface area contributed by atoms with E-state index in [4.69, 9.17) is 4.74 Å². The van der Waals surface area contributed by atoms with E-state index < -0.39 is 5.97 Å². The Morgan fingerprint density at radius 3 is 2.62 bits per heavy atom. The summed E-state index contributed by atoms with van der Waals surface area (Å²) in [4.78, 5) is 11.3. The minimum Gasteiger partial charge on any atom is -0.476 e. The molecule has 0 fully saturated rings. The summed E-state index contributed by atoms with van der Waals surface area (Å²) >= 11 is 1.31. The molecule has 0 atom stereocenters. The van der Waals surface area contributed by atoms with E-state index in [9.17, 15) is 9.90 Å². The van der Waals surface area contributed by atoms with Crippen molar-refractivity contribution in [3.05, 3.63) is 16.4 Å². The molecule has 0 aliphatic carbocycles. The van der Waals surface area contributed by atoms with Crippen molar-refractivity contribution >= 4 is 17.3 Å². The zero-order chi connectivity index (χ0) is 15.4. The molecule has 0 saturated heterocycles. The average Bonchev–Trinajstić information content (AvgIpc) is 3.07. The third-order valence-corrected chi connectivity index (χ3v) is 4.06. The largest absolute Gasteiger partial charge is 0.476 e. The highest BCUT2D eigenvalue weighted by Gasteiger charge is 2.26. The maximum atomic E-state index is 11.3. The van der Waals surface area contributed by atoms with Gasteiger partial charge < -0.3 is 9.84 Å². The lowest BCUT2D eigenvalue weighted by Crippen LogP contribution is -2.11. The number of hydrogen-bond donors (Lipinski definition) is 1. The minimum absolute atomic E-state index is 0.0211. The second-order valence-corrected chi connectivity index (χ2v) is 5.51. The van der Waals surface area contributed by atoms with Crippen molar-refractivity contribution in [1.29, 1.82) is 0 Å². The molecule has 0 saturated carbocycles. The van der Waals surface area contributed by atoms with Crippen LogP contribution in [0.15, 0.2) is 0 Å². The van der Waals surface area contributed by atoms with Gasteiger partial charge in [-0.15, -0.1) is 15.3 Å². The molecule has 2 rings (SSSR count). The van der Waals surface area contributed by atoms with E-state index in [1.807, 2.05) is 13.8 Å². The average molecular weight is 311 g/mol. The molecule has 0 aliphatic rings. The Balaban J connectivity index is 2.49. The molecular weight excluding hydrogens is 294 g/mol. The van der Waals surface area contributed by atoms with Crippen LogP contribution in [0.5, 0.6) is 0 Å². The lowest BCUT2D eigenvalue weighted by Gasteiger charge is -2.13. The number of methoxy groups -OCH3 is 1. The summed E-state index contributed by atoms with van der Waals surface area (Å²) in [7, 11) is 1.58. The first kappa shape index (κ1) is 15.5. The molecule has 8 nitrogen and oxygen atoms in total. The van der Waals surface area contributed by atoms with Gasteiger partial charge in [0.2, 0.25) is 5.13 Å². The van der Waals surface area contributed by atoms with E-state index in [0.29, 0.717) is 22.4 Å². The number of nitrogens with zero attached hydrogens (tertiary/aromatic N) is 5. The molecule has 0 aromatic carbocycles. The fourth-order valence-corrected chi connectivity index (χ4v) is 2.91. The summed E-state index contributed by atoms with van der Waals surface area (Å²) in [5.74, 6) is -1.02. The number of carboxylic acids is 1. The number of aromatic nitrogens is 5. The van der Waals surface area contributed by atoms with Crippen LogP contribution in [-0.2, 0) is 11.3 Å². The Kier molecular flexibility index (Phi) is 4.97. The first-order chi connectivity index (χ1) is 10.1. The summed E-state index contributed by atoms with van der Waals surface area (Å²) in [5, 5.41) is 26.3. The molecule has 0 spiro atoms. The van der Waals surface area contributed by atoms with Crippen LogP contribution >= 0.6 is 11.3 Å². The molecule has 2 aromatic heterocycles. The van der Waals surface area contributed by atoms with Crippen molar-refractivity contribution in [2.24, 2.45) is 0 Å². The van der Waals surface area contributed by atoms with Gasteiger partial charge >= 0.3 is 5.97 Å². The van der Waals surface area contributed by atoms with Crippen LogP contribution in [0.25, 0.3) is 5.13 Å². The molecule has 1 N–H and O–H groups in total. The van der Waals surface area contributed by atoms with E-state index in [1.54, 1.807) is 7.11 Å². The highest BCUT2D eigenvalue weighted by atomic mass is 32.1. The molecule has 0 unspecified atom stereocenters. The van der Waals surface area contributed by atoms with Gasteiger partial charge in [-0.2, -0.15) is 4.68 Å². The summed E-state index contributed by atoms with van der Waals surface area (Å²) in [6.45, 7) is 4.37. The molecular formula is C12H17N5O3S. The van der Waals surface area contributed by atoms with Crippen molar-refractivity contribution in [1.82, 2.24) is 25.2 Å². The van der Waals surface area contributed by atoms with Gasteiger partial charge in [-0.25, -0.2) is 4.79 Å². The van der Waals surface area contributed by atoms with E-state index in [-0.39, 0.29) is 11.6 Å². The van der Waals surface area contributed by atoms with Gasteiger partial charge in [-0.05, 0) is 12.8 Å². The Morgan fingerprint density at radius 2 is 2.05 bits per heavy atom. The van der Waals surface area contributed by atoms with Crippen LogP contribution in [0.2, 0.25) is 0 Å². The zero-order valence-corrected chi connectivity index (χ0v) is 12.9. The smallest absolute Gasteiger partial charge is 0.358 e. The predicted octanol–water partition coefficient (Wildman–Crippen LogP) is 1.87. The Bertz CT molecular complexity index is 620. The van der Waals surface area contributed by atoms with Crippen LogP contribution in [0.4, 0.5) is 0 Å². The highest BCUT2D eigenvalue weighted by molar-refractivity contribution is 7.13. The highest BCUT2D eigenvalue weighted by Crippen LogP contribution is 2.28. The third kappa shape index (κ3) is 3.08. The molecule has 9 heteroatoms. The zero-order valence-electron chi connectivity index (χ0n) is 12.1. The quantitative estimate of drug-likeness (QED) is 0.832. The Morgan fingerprint density at radius 1 is 1.33 bits per heavy atom. The second-order valence-electron chi connectivity index (χ2n) is 4.47. The van der Waals surface area contributed by atoms with E-state index >= 15 is 0 Å². The molecule has 0 radical (unpaired) electrons. The molecule has 0 aliphatic heterocycles. The van der Waals surface area contributed by atoms with Crippen LogP contribution in [0, 0.1) is 0 Å². The lowest BCUT2D eigenvalue weighted by atomic mass is 9.97. The van der Waals surface area contributed by atoms with Crippen LogP contribution in [0.3, 0.4) is 0 Å². The minimum atomic E-state index is -1.08. The summed E-state index contributed by atoms with van der Waals surface area (Å²) in [6.07, 6.45) is 1.60. The van der Waals surface area contributed by atoms with Crippen molar-refractivity contribution in [2.45, 2.75) is 39.2 Å². The third-order valence-electron chi connectivity index (χ3n) is 3.19. The number of carboxylic acid groups (broad SMARTS) is 1. The van der Waals surface area contributed by atoms with Gasteiger partial charge in [0.15, 0.2) is 5.69 Å². The fraction of sp³-hybridized carbons (Fsp3) is 0.583. The SMILES string of the molecule is CCC(CC)c1c(C(=O)O)nnn1-c1nnc(COC)s1. The molecule has 0 bridgehead atoms. The standard InChI is InChI=1S/C12H17N5O3S/c1-4-7(5-2)10-9(11(18)19)14-16-17(10)12-15-13-8(21-12)6-20-3/h7H,4-6H2,1-3H3,(H,18,19). The Hall–Kier alpha value is -1.87. The maximum Gasteiger partial charge on any atom is 0.358 e. The van der Waals surface area contributed by atoms with Gasteiger partial charge in [0.1, 0.15) is 11.6 Å². The molecule has 21 heavy (non-hydrogen) atoms. The van der Waals surface area contributed by atoms with Gasteiger partial charge in [-0.3, -0.25) is 0 Å². The molecule has 114 valence electrons. The number of hydrogen-bond acceptors (Lipinski definition) is 7. The first-order valence-electron chi connectivity index (χ1n) is 6.62. The van der Waals surface area contributed by atoms with Gasteiger partial charge in [0.05, 0.1) is 5.69 Å². The lowest BCUT2D eigenvalue weighted by molar-refractivity contribution is 0.0688. The summed E-state index contributed by atoms with van der Waals surface area (Å²) < 4.78 is 6.49. The topological polar surface area (TPSA) is 103 Å². The summed E-state index contributed by atoms with van der Waals surface area (Å²) in [5.41, 5.74) is 0.555. The van der Waals surface area contributed by atoms with Crippen LogP contribution in [-0.4, -0.2) is 43.4 Å². The van der Waals surface area contributed by atoms with Crippen molar-refractivity contribution < 1.29 is 14.6 Å². The second kappa shape index (κ2) is 6.72. The molecule has 2 aromatic rings. The van der Waals surface area contributed by atoms with E-state index in [1.165, 1.54) is 16.0 Å². The predicted molar refractivity (Wildman–Crippen MR) is 75.8 cm³/mol. The maximum absolute atomic E-state index is 11.3. The number of ether oxygens (including phenoxy) is 1. The number of aromatic carboxylic acids is 1. The van der Waals surface area contributed by atoms with Crippen molar-refractivity contribution in [3.8, 4) is 5.13 Å². The normalized spacial score (nSPS) is 11.2. The van der Waals surface area contributed by atoms with Gasteiger partial charge in [0.25, 0.3) is 0 Å². The Labute approximate surface area is 125 Å². The summed E-state index contributed by atoms with van der Waals surface area (Å²) in [6, 6.07) is 0. The van der Waals surface area contributed by atoms with Gasteiger partial charge in [-0.1, -0.05) is 30.4 Å². The van der Waals surface area contributed by atoms with E-state index in [0.717, 1.165) is 12.8 Å².